The summed E-state index contributed by atoms with van der Waals surface area (Å²) in [7, 11) is 1.56. The van der Waals surface area contributed by atoms with E-state index in [1.54, 1.807) is 32.5 Å². The Morgan fingerprint density at radius 3 is 2.50 bits per heavy atom. The predicted molar refractivity (Wildman–Crippen MR) is 105 cm³/mol. The molecule has 2 heterocycles. The first-order chi connectivity index (χ1) is 14.3. The van der Waals surface area contributed by atoms with Gasteiger partial charge in [0.1, 0.15) is 11.6 Å². The highest BCUT2D eigenvalue weighted by atomic mass is 19.4. The van der Waals surface area contributed by atoms with Crippen LogP contribution < -0.4 is 4.74 Å². The van der Waals surface area contributed by atoms with Gasteiger partial charge in [0, 0.05) is 11.8 Å². The number of nitrogens with zero attached hydrogens (tertiary/aromatic N) is 5. The maximum absolute atomic E-state index is 13.1. The molecule has 0 saturated heterocycles. The van der Waals surface area contributed by atoms with Gasteiger partial charge in [-0.05, 0) is 50.2 Å². The monoisotopic (exact) mass is 413 g/mol. The lowest BCUT2D eigenvalue weighted by Crippen LogP contribution is -2.07. The van der Waals surface area contributed by atoms with Crippen LogP contribution in [0.2, 0.25) is 0 Å². The van der Waals surface area contributed by atoms with Crippen LogP contribution in [0.15, 0.2) is 55.0 Å². The first-order valence-corrected chi connectivity index (χ1v) is 9.07. The number of ether oxygens (including phenoxy) is 1. The molecule has 0 aliphatic rings. The van der Waals surface area contributed by atoms with Crippen molar-refractivity contribution in [3.63, 3.8) is 0 Å². The fourth-order valence-corrected chi connectivity index (χ4v) is 3.15. The molecule has 0 spiro atoms. The highest BCUT2D eigenvalue weighted by molar-refractivity contribution is 5.63. The first-order valence-electron chi connectivity index (χ1n) is 9.07. The van der Waals surface area contributed by atoms with Crippen molar-refractivity contribution in [3.8, 4) is 28.5 Å². The number of imidazole rings is 1. The Kier molecular flexibility index (Phi) is 4.81. The minimum absolute atomic E-state index is 0.290. The summed E-state index contributed by atoms with van der Waals surface area (Å²) in [5.74, 6) is 1.45. The first kappa shape index (κ1) is 19.7. The van der Waals surface area contributed by atoms with Crippen LogP contribution in [-0.2, 0) is 6.18 Å². The lowest BCUT2D eigenvalue weighted by molar-refractivity contribution is -0.137. The molecule has 0 radical (unpaired) electrons. The van der Waals surface area contributed by atoms with Gasteiger partial charge in [0.25, 0.3) is 0 Å². The van der Waals surface area contributed by atoms with Gasteiger partial charge in [0.05, 0.1) is 36.1 Å². The highest BCUT2D eigenvalue weighted by Crippen LogP contribution is 2.31. The lowest BCUT2D eigenvalue weighted by Gasteiger charge is -2.10. The number of aromatic nitrogens is 5. The van der Waals surface area contributed by atoms with Crippen LogP contribution in [-0.4, -0.2) is 31.4 Å². The SMILES string of the molecule is COc1cc(-c2nc(C)n(-c3cccc(C(F)(F)F)c3)n2)ccc1-n1cnc(C)c1. The van der Waals surface area contributed by atoms with Crippen LogP contribution in [0.4, 0.5) is 13.2 Å². The maximum atomic E-state index is 13.1. The third kappa shape index (κ3) is 3.66. The van der Waals surface area contributed by atoms with Crippen molar-refractivity contribution in [2.45, 2.75) is 20.0 Å². The quantitative estimate of drug-likeness (QED) is 0.484. The number of methoxy groups -OCH3 is 1. The van der Waals surface area contributed by atoms with Crippen molar-refractivity contribution >= 4 is 0 Å². The third-order valence-electron chi connectivity index (χ3n) is 4.61. The zero-order chi connectivity index (χ0) is 21.5. The van der Waals surface area contributed by atoms with E-state index in [0.29, 0.717) is 28.6 Å². The number of hydrogen-bond donors (Lipinski definition) is 0. The van der Waals surface area contributed by atoms with Crippen LogP contribution in [0.25, 0.3) is 22.8 Å². The van der Waals surface area contributed by atoms with Crippen molar-refractivity contribution in [1.29, 1.82) is 0 Å². The Morgan fingerprint density at radius 1 is 1.03 bits per heavy atom. The molecule has 0 aliphatic carbocycles. The molecule has 2 aromatic carbocycles. The average Bonchev–Trinajstić information content (AvgIpc) is 3.32. The Labute approximate surface area is 170 Å². The van der Waals surface area contributed by atoms with Crippen LogP contribution in [0.1, 0.15) is 17.1 Å². The molecule has 9 heteroatoms. The number of rotatable bonds is 4. The van der Waals surface area contributed by atoms with Crippen molar-refractivity contribution in [2.75, 3.05) is 7.11 Å². The highest BCUT2D eigenvalue weighted by Gasteiger charge is 2.30. The molecule has 0 unspecified atom stereocenters. The van der Waals surface area contributed by atoms with Gasteiger partial charge in [0.2, 0.25) is 0 Å². The molecule has 0 fully saturated rings. The number of benzene rings is 2. The van der Waals surface area contributed by atoms with E-state index in [2.05, 4.69) is 15.1 Å². The Bertz CT molecular complexity index is 1210. The van der Waals surface area contributed by atoms with Crippen molar-refractivity contribution in [1.82, 2.24) is 24.3 Å². The second kappa shape index (κ2) is 7.33. The van der Waals surface area contributed by atoms with Crippen LogP contribution in [0.3, 0.4) is 0 Å². The molecule has 0 atom stereocenters. The minimum Gasteiger partial charge on any atom is -0.495 e. The lowest BCUT2D eigenvalue weighted by atomic mass is 10.1. The van der Waals surface area contributed by atoms with E-state index in [1.165, 1.54) is 10.7 Å². The number of hydrogen-bond acceptors (Lipinski definition) is 4. The number of aryl methyl sites for hydroxylation is 2. The average molecular weight is 413 g/mol. The topological polar surface area (TPSA) is 57.8 Å². The van der Waals surface area contributed by atoms with Gasteiger partial charge < -0.3 is 9.30 Å². The van der Waals surface area contributed by atoms with Gasteiger partial charge >= 0.3 is 6.18 Å². The van der Waals surface area contributed by atoms with Gasteiger partial charge in [-0.1, -0.05) is 6.07 Å². The molecule has 6 nitrogen and oxygen atoms in total. The summed E-state index contributed by atoms with van der Waals surface area (Å²) in [6.07, 6.45) is -0.859. The van der Waals surface area contributed by atoms with Gasteiger partial charge in [-0.3, -0.25) is 0 Å². The standard InChI is InChI=1S/C21H18F3N5O/c1-13-11-28(12-25-13)18-8-7-15(9-19(18)30-3)20-26-14(2)29(27-20)17-6-4-5-16(10-17)21(22,23)24/h4-12H,1-3H3. The summed E-state index contributed by atoms with van der Waals surface area (Å²) >= 11 is 0. The molecule has 0 bridgehead atoms. The zero-order valence-electron chi connectivity index (χ0n) is 16.5. The van der Waals surface area contributed by atoms with E-state index < -0.39 is 11.7 Å². The molecule has 4 aromatic rings. The molecule has 30 heavy (non-hydrogen) atoms. The molecule has 0 N–H and O–H groups in total. The fraction of sp³-hybridized carbons (Fsp3) is 0.190. The van der Waals surface area contributed by atoms with Crippen LogP contribution >= 0.6 is 0 Å². The van der Waals surface area contributed by atoms with Gasteiger partial charge in [-0.2, -0.15) is 13.2 Å². The predicted octanol–water partition coefficient (Wildman–Crippen LogP) is 4.76. The van der Waals surface area contributed by atoms with E-state index in [-0.39, 0.29) is 0 Å². The molecule has 154 valence electrons. The summed E-state index contributed by atoms with van der Waals surface area (Å²) < 4.78 is 47.9. The summed E-state index contributed by atoms with van der Waals surface area (Å²) in [6, 6.07) is 10.5. The maximum Gasteiger partial charge on any atom is 0.416 e. The van der Waals surface area contributed by atoms with Crippen LogP contribution in [0, 0.1) is 13.8 Å². The molecule has 0 amide bonds. The van der Waals surface area contributed by atoms with Crippen molar-refractivity contribution in [3.05, 3.63) is 72.1 Å². The second-order valence-electron chi connectivity index (χ2n) is 6.75. The van der Waals surface area contributed by atoms with E-state index >= 15 is 0 Å². The van der Waals surface area contributed by atoms with Gasteiger partial charge in [0.15, 0.2) is 5.82 Å². The van der Waals surface area contributed by atoms with E-state index in [9.17, 15) is 13.2 Å². The molecule has 0 saturated carbocycles. The molecular weight excluding hydrogens is 395 g/mol. The van der Waals surface area contributed by atoms with E-state index in [4.69, 9.17) is 4.74 Å². The Morgan fingerprint density at radius 2 is 1.83 bits per heavy atom. The molecule has 0 aliphatic heterocycles. The zero-order valence-corrected chi connectivity index (χ0v) is 16.5. The number of halogens is 3. The Hall–Kier alpha value is -3.62. The fourth-order valence-electron chi connectivity index (χ4n) is 3.15. The minimum atomic E-state index is -4.43. The van der Waals surface area contributed by atoms with E-state index in [0.717, 1.165) is 23.5 Å². The summed E-state index contributed by atoms with van der Waals surface area (Å²) in [4.78, 5) is 8.65. The third-order valence-corrected chi connectivity index (χ3v) is 4.61. The van der Waals surface area contributed by atoms with Crippen LogP contribution in [0.5, 0.6) is 5.75 Å². The Balaban J connectivity index is 1.73. The molecule has 2 aromatic heterocycles. The van der Waals surface area contributed by atoms with E-state index in [1.807, 2.05) is 29.8 Å². The second-order valence-corrected chi connectivity index (χ2v) is 6.75. The molecule has 4 rings (SSSR count). The largest absolute Gasteiger partial charge is 0.495 e. The van der Waals surface area contributed by atoms with Gasteiger partial charge in [-0.25, -0.2) is 14.6 Å². The normalized spacial score (nSPS) is 11.7. The summed E-state index contributed by atoms with van der Waals surface area (Å²) in [6.45, 7) is 3.58. The number of alkyl halides is 3. The van der Waals surface area contributed by atoms with Crippen molar-refractivity contribution in [2.24, 2.45) is 0 Å². The smallest absolute Gasteiger partial charge is 0.416 e. The summed E-state index contributed by atoms with van der Waals surface area (Å²) in [5.41, 5.74) is 1.91. The summed E-state index contributed by atoms with van der Waals surface area (Å²) in [5, 5.41) is 4.42. The van der Waals surface area contributed by atoms with Crippen molar-refractivity contribution < 1.29 is 17.9 Å². The molecular formula is C21H18F3N5O. The van der Waals surface area contributed by atoms with Gasteiger partial charge in [-0.15, -0.1) is 5.10 Å².